The van der Waals surface area contributed by atoms with E-state index in [1.807, 2.05) is 30.3 Å². The van der Waals surface area contributed by atoms with Crippen LogP contribution < -0.4 is 21.7 Å². The molecule has 0 saturated heterocycles. The minimum Gasteiger partial charge on any atom is -0.382 e. The van der Waals surface area contributed by atoms with Crippen molar-refractivity contribution >= 4 is 41.5 Å². The third kappa shape index (κ3) is 16.5. The van der Waals surface area contributed by atoms with E-state index in [0.717, 1.165) is 31.2 Å². The number of rotatable bonds is 6. The maximum absolute atomic E-state index is 13.0. The van der Waals surface area contributed by atoms with Gasteiger partial charge >= 0.3 is 24.7 Å². The second-order valence-corrected chi connectivity index (χ2v) is 14.6. The van der Waals surface area contributed by atoms with Crippen molar-refractivity contribution in [1.82, 2.24) is 20.6 Å². The number of nitrogens with zero attached hydrogens (tertiary/aromatic N) is 2. The molecule has 2 aromatic heterocycles. The number of nitrogens with two attached hydrogens (primary N) is 1. The van der Waals surface area contributed by atoms with Crippen LogP contribution in [0.25, 0.3) is 0 Å². The van der Waals surface area contributed by atoms with Crippen molar-refractivity contribution in [3.8, 4) is 0 Å². The Bertz CT molecular complexity index is 1990. The summed E-state index contributed by atoms with van der Waals surface area (Å²) in [5.41, 5.74) is 0.246. The SMILES string of the molecule is Cl.FC(F)(F)c1cc(Cl)cc(C(F)(F)F)n1.N[C@H]1CCC[C@@H](NC(=O)c2ccccc2)C1.O=C(N[C@@H]1CCC[C@H](Nc2cc(C(F)(F)F)nc(C(F)(F)F)c2)C1)c1ccccc1. The monoisotopic (exact) mass is 934 g/mol. The number of alkyl halides is 12. The standard InChI is InChI=1S/C20H19F6N3O.C13H18N2O.C7H2ClF6N.ClH/c21-19(22,23)16-10-15(11-17(29-16)20(24,25)26)27-13-7-4-8-14(9-13)28-18(30)12-5-2-1-3-6-12;14-11-7-4-8-12(9-11)15-13(16)10-5-2-1-3-6-10;8-3-1-4(6(9,10)11)15-5(2-3)7(12,13)14;/h1-3,5-6,10-11,13-14H,4,7-9H2,(H,27,29)(H,28,30);1-3,5-6,11-12H,4,7-9,14H2,(H,15,16);1-2H;1H/t13-,14+;11-,12+;;/m00../s1. The first-order valence-electron chi connectivity index (χ1n) is 18.6. The molecule has 6 rings (SSSR count). The van der Waals surface area contributed by atoms with Gasteiger partial charge in [0.25, 0.3) is 11.8 Å². The topological polar surface area (TPSA) is 122 Å². The Morgan fingerprint density at radius 2 is 0.903 bits per heavy atom. The molecule has 0 aliphatic heterocycles. The highest BCUT2D eigenvalue weighted by atomic mass is 35.5. The van der Waals surface area contributed by atoms with Gasteiger partial charge in [-0.3, -0.25) is 9.59 Å². The van der Waals surface area contributed by atoms with Crippen LogP contribution in [-0.2, 0) is 24.7 Å². The van der Waals surface area contributed by atoms with Crippen molar-refractivity contribution in [2.45, 2.75) is 100 Å². The second-order valence-electron chi connectivity index (χ2n) is 14.2. The number of hydrogen-bond donors (Lipinski definition) is 4. The van der Waals surface area contributed by atoms with E-state index in [2.05, 4.69) is 25.9 Å². The summed E-state index contributed by atoms with van der Waals surface area (Å²) in [6.07, 6.45) is -13.5. The third-order valence-electron chi connectivity index (χ3n) is 9.28. The smallest absolute Gasteiger partial charge is 0.382 e. The van der Waals surface area contributed by atoms with E-state index in [1.54, 1.807) is 30.3 Å². The molecule has 62 heavy (non-hydrogen) atoms. The predicted octanol–water partition coefficient (Wildman–Crippen LogP) is 11.2. The quantitative estimate of drug-likeness (QED) is 0.143. The highest BCUT2D eigenvalue weighted by Gasteiger charge is 2.40. The lowest BCUT2D eigenvalue weighted by atomic mass is 9.90. The van der Waals surface area contributed by atoms with Gasteiger partial charge < -0.3 is 21.7 Å². The van der Waals surface area contributed by atoms with Gasteiger partial charge in [0.15, 0.2) is 0 Å². The lowest BCUT2D eigenvalue weighted by Gasteiger charge is -2.31. The van der Waals surface area contributed by atoms with Gasteiger partial charge in [-0.15, -0.1) is 12.4 Å². The maximum atomic E-state index is 13.0. The van der Waals surface area contributed by atoms with Crippen LogP contribution in [0.15, 0.2) is 84.9 Å². The summed E-state index contributed by atoms with van der Waals surface area (Å²) >= 11 is 5.12. The highest BCUT2D eigenvalue weighted by molar-refractivity contribution is 6.30. The lowest BCUT2D eigenvalue weighted by molar-refractivity contribution is -0.151. The van der Waals surface area contributed by atoms with Crippen LogP contribution in [0.3, 0.4) is 0 Å². The number of hydrogen-bond acceptors (Lipinski definition) is 6. The van der Waals surface area contributed by atoms with E-state index in [1.165, 1.54) is 0 Å². The van der Waals surface area contributed by atoms with Gasteiger partial charge in [-0.1, -0.05) is 48.0 Å². The van der Waals surface area contributed by atoms with Crippen LogP contribution in [0.1, 0.15) is 94.9 Å². The molecule has 340 valence electrons. The molecule has 0 unspecified atom stereocenters. The zero-order chi connectivity index (χ0) is 45.2. The molecule has 0 bridgehead atoms. The number of benzene rings is 2. The first kappa shape index (κ1) is 51.5. The fourth-order valence-corrected chi connectivity index (χ4v) is 6.66. The summed E-state index contributed by atoms with van der Waals surface area (Å²) in [7, 11) is 0. The molecule has 2 fully saturated rings. The molecular weight excluding hydrogens is 895 g/mol. The molecule has 2 aromatic carbocycles. The van der Waals surface area contributed by atoms with E-state index in [-0.39, 0.29) is 54.1 Å². The number of halogens is 14. The van der Waals surface area contributed by atoms with Gasteiger partial charge in [0.05, 0.1) is 0 Å². The number of carbonyl (C=O) groups excluding carboxylic acids is 2. The summed E-state index contributed by atoms with van der Waals surface area (Å²) in [5.74, 6) is -0.261. The molecule has 0 radical (unpaired) electrons. The number of aromatic nitrogens is 2. The summed E-state index contributed by atoms with van der Waals surface area (Å²) in [5, 5.41) is 8.01. The van der Waals surface area contributed by atoms with E-state index >= 15 is 0 Å². The predicted molar refractivity (Wildman–Crippen MR) is 208 cm³/mol. The number of anilines is 1. The van der Waals surface area contributed by atoms with Crippen molar-refractivity contribution in [2.24, 2.45) is 5.73 Å². The Balaban J connectivity index is 0.000000270. The second kappa shape index (κ2) is 22.0. The Hall–Kier alpha value is -4.82. The molecular formula is C40H40Cl2F12N6O2. The Kier molecular flexibility index (Phi) is 18.3. The van der Waals surface area contributed by atoms with E-state index < -0.39 is 52.5 Å². The van der Waals surface area contributed by atoms with Gasteiger partial charge in [0.2, 0.25) is 0 Å². The maximum Gasteiger partial charge on any atom is 0.433 e. The van der Waals surface area contributed by atoms with Crippen LogP contribution in [-0.4, -0.2) is 45.9 Å². The highest BCUT2D eigenvalue weighted by Crippen LogP contribution is 2.37. The largest absolute Gasteiger partial charge is 0.433 e. The van der Waals surface area contributed by atoms with Crippen LogP contribution in [0.4, 0.5) is 58.4 Å². The fraction of sp³-hybridized carbons (Fsp3) is 0.400. The number of carbonyl (C=O) groups is 2. The number of pyridine rings is 2. The van der Waals surface area contributed by atoms with E-state index in [0.29, 0.717) is 55.5 Å². The third-order valence-corrected chi connectivity index (χ3v) is 9.50. The van der Waals surface area contributed by atoms with Gasteiger partial charge in [-0.2, -0.15) is 52.7 Å². The molecule has 0 spiro atoms. The van der Waals surface area contributed by atoms with Crippen molar-refractivity contribution in [3.05, 3.63) is 124 Å². The zero-order valence-electron chi connectivity index (χ0n) is 32.2. The van der Waals surface area contributed by atoms with Crippen LogP contribution in [0.5, 0.6) is 0 Å². The molecule has 2 aliphatic rings. The van der Waals surface area contributed by atoms with Crippen molar-refractivity contribution in [3.63, 3.8) is 0 Å². The molecule has 4 aromatic rings. The van der Waals surface area contributed by atoms with Crippen molar-refractivity contribution in [2.75, 3.05) is 5.32 Å². The van der Waals surface area contributed by atoms with E-state index in [9.17, 15) is 62.3 Å². The minimum atomic E-state index is -5.00. The average molecular weight is 936 g/mol. The lowest BCUT2D eigenvalue weighted by Crippen LogP contribution is -2.42. The van der Waals surface area contributed by atoms with Crippen LogP contribution in [0.2, 0.25) is 5.02 Å². The first-order valence-corrected chi connectivity index (χ1v) is 19.0. The normalized spacial score (nSPS) is 19.3. The molecule has 2 aliphatic carbocycles. The Morgan fingerprint density at radius 3 is 1.29 bits per heavy atom. The van der Waals surface area contributed by atoms with Gasteiger partial charge in [0.1, 0.15) is 22.8 Å². The zero-order valence-corrected chi connectivity index (χ0v) is 33.7. The summed E-state index contributed by atoms with van der Waals surface area (Å²) in [6.45, 7) is 0. The molecule has 4 atom stereocenters. The van der Waals surface area contributed by atoms with E-state index in [4.69, 9.17) is 17.3 Å². The molecule has 5 N–H and O–H groups in total. The first-order chi connectivity index (χ1) is 28.4. The molecule has 2 saturated carbocycles. The number of nitrogens with one attached hydrogen (secondary N) is 3. The Labute approximate surface area is 358 Å². The molecule has 22 heteroatoms. The molecule has 2 heterocycles. The average Bonchev–Trinajstić information content (AvgIpc) is 3.17. The molecule has 2 amide bonds. The summed E-state index contributed by atoms with van der Waals surface area (Å²) < 4.78 is 150. The summed E-state index contributed by atoms with van der Waals surface area (Å²) in [4.78, 5) is 29.3. The number of amides is 2. The van der Waals surface area contributed by atoms with Crippen molar-refractivity contribution < 1.29 is 62.3 Å². The van der Waals surface area contributed by atoms with Crippen molar-refractivity contribution in [1.29, 1.82) is 0 Å². The fourth-order valence-electron chi connectivity index (χ4n) is 6.45. The van der Waals surface area contributed by atoms with Gasteiger partial charge in [0, 0.05) is 46.0 Å². The van der Waals surface area contributed by atoms with Gasteiger partial charge in [-0.05, 0) is 99.9 Å². The summed E-state index contributed by atoms with van der Waals surface area (Å²) in [6, 6.07) is 19.5. The Morgan fingerprint density at radius 1 is 0.548 bits per heavy atom. The van der Waals surface area contributed by atoms with Gasteiger partial charge in [-0.25, -0.2) is 9.97 Å². The van der Waals surface area contributed by atoms with Crippen LogP contribution >= 0.6 is 24.0 Å². The molecule has 8 nitrogen and oxygen atoms in total. The van der Waals surface area contributed by atoms with Crippen LogP contribution in [0, 0.1) is 0 Å². The minimum absolute atomic E-state index is 0.